The second-order valence-corrected chi connectivity index (χ2v) is 4.24. The summed E-state index contributed by atoms with van der Waals surface area (Å²) in [6.07, 6.45) is 4.61. The summed E-state index contributed by atoms with van der Waals surface area (Å²) >= 11 is 0. The van der Waals surface area contributed by atoms with E-state index in [0.29, 0.717) is 11.3 Å². The first-order valence-corrected chi connectivity index (χ1v) is 6.26. The van der Waals surface area contributed by atoms with Gasteiger partial charge in [0.1, 0.15) is 0 Å². The van der Waals surface area contributed by atoms with Crippen molar-refractivity contribution in [2.45, 2.75) is 6.92 Å². The molecule has 1 aromatic carbocycles. The van der Waals surface area contributed by atoms with Crippen LogP contribution in [0.3, 0.4) is 0 Å². The summed E-state index contributed by atoms with van der Waals surface area (Å²) in [6.45, 7) is 1.45. The van der Waals surface area contributed by atoms with Crippen LogP contribution in [0.15, 0.2) is 53.9 Å². The summed E-state index contributed by atoms with van der Waals surface area (Å²) in [6, 6.07) is 10.3. The van der Waals surface area contributed by atoms with Crippen LogP contribution in [0.4, 0.5) is 5.69 Å². The molecule has 0 saturated heterocycles. The number of anilines is 1. The number of hydrogen-bond donors (Lipinski definition) is 2. The van der Waals surface area contributed by atoms with Gasteiger partial charge < -0.3 is 5.32 Å². The quantitative estimate of drug-likeness (QED) is 0.662. The second-order valence-electron chi connectivity index (χ2n) is 4.24. The monoisotopic (exact) mass is 282 g/mol. The van der Waals surface area contributed by atoms with E-state index >= 15 is 0 Å². The highest BCUT2D eigenvalue weighted by Crippen LogP contribution is 2.07. The summed E-state index contributed by atoms with van der Waals surface area (Å²) in [7, 11) is 0. The first-order valence-electron chi connectivity index (χ1n) is 6.26. The summed E-state index contributed by atoms with van der Waals surface area (Å²) in [4.78, 5) is 26.4. The van der Waals surface area contributed by atoms with Crippen molar-refractivity contribution in [1.29, 1.82) is 0 Å². The average Bonchev–Trinajstić information content (AvgIpc) is 2.49. The average molecular weight is 282 g/mol. The molecule has 0 aliphatic rings. The molecule has 0 saturated carbocycles. The number of aromatic nitrogens is 1. The molecule has 2 amide bonds. The van der Waals surface area contributed by atoms with Crippen LogP contribution in [-0.2, 0) is 4.79 Å². The molecular weight excluding hydrogens is 268 g/mol. The number of hydrogen-bond acceptors (Lipinski definition) is 4. The minimum Gasteiger partial charge on any atom is -0.326 e. The third-order valence-electron chi connectivity index (χ3n) is 2.55. The Hall–Kier alpha value is -3.02. The Morgan fingerprint density at radius 2 is 1.76 bits per heavy atom. The van der Waals surface area contributed by atoms with Crippen molar-refractivity contribution in [1.82, 2.24) is 10.4 Å². The SMILES string of the molecule is CC(=O)Nc1ccc(C=NNC(=O)c2ccncc2)cc1. The molecule has 0 atom stereocenters. The van der Waals surface area contributed by atoms with E-state index in [2.05, 4.69) is 20.8 Å². The van der Waals surface area contributed by atoms with Crippen molar-refractivity contribution >= 4 is 23.7 Å². The summed E-state index contributed by atoms with van der Waals surface area (Å²) < 4.78 is 0. The molecule has 0 bridgehead atoms. The molecule has 0 unspecified atom stereocenters. The predicted octanol–water partition coefficient (Wildman–Crippen LogP) is 1.80. The van der Waals surface area contributed by atoms with Gasteiger partial charge in [-0.25, -0.2) is 5.43 Å². The topological polar surface area (TPSA) is 83.5 Å². The van der Waals surface area contributed by atoms with Gasteiger partial charge >= 0.3 is 0 Å². The summed E-state index contributed by atoms with van der Waals surface area (Å²) in [5.41, 5.74) is 4.43. The molecule has 0 aliphatic heterocycles. The van der Waals surface area contributed by atoms with Crippen molar-refractivity contribution in [3.8, 4) is 0 Å². The molecule has 0 radical (unpaired) electrons. The molecule has 1 heterocycles. The molecule has 2 aromatic rings. The highest BCUT2D eigenvalue weighted by molar-refractivity contribution is 5.94. The Balaban J connectivity index is 1.92. The maximum Gasteiger partial charge on any atom is 0.271 e. The van der Waals surface area contributed by atoms with Crippen LogP contribution in [0.1, 0.15) is 22.8 Å². The molecule has 0 fully saturated rings. The predicted molar refractivity (Wildman–Crippen MR) is 80.0 cm³/mol. The van der Waals surface area contributed by atoms with Crippen LogP contribution in [0.25, 0.3) is 0 Å². The minimum atomic E-state index is -0.302. The fourth-order valence-corrected chi connectivity index (χ4v) is 1.59. The van der Waals surface area contributed by atoms with Gasteiger partial charge in [-0.1, -0.05) is 12.1 Å². The molecule has 2 rings (SSSR count). The summed E-state index contributed by atoms with van der Waals surface area (Å²) in [5.74, 6) is -0.426. The Kier molecular flexibility index (Phi) is 4.76. The van der Waals surface area contributed by atoms with Crippen LogP contribution in [0.2, 0.25) is 0 Å². The number of amides is 2. The van der Waals surface area contributed by atoms with Crippen molar-refractivity contribution < 1.29 is 9.59 Å². The fraction of sp³-hybridized carbons (Fsp3) is 0.0667. The third-order valence-corrected chi connectivity index (χ3v) is 2.55. The molecule has 2 N–H and O–H groups in total. The third kappa shape index (κ3) is 4.54. The second kappa shape index (κ2) is 6.95. The van der Waals surface area contributed by atoms with Gasteiger partial charge in [-0.05, 0) is 29.8 Å². The first kappa shape index (κ1) is 14.4. The van der Waals surface area contributed by atoms with Gasteiger partial charge in [0.25, 0.3) is 5.91 Å². The molecule has 6 heteroatoms. The number of hydrazone groups is 1. The Bertz CT molecular complexity index is 651. The number of nitrogens with zero attached hydrogens (tertiary/aromatic N) is 2. The van der Waals surface area contributed by atoms with E-state index in [4.69, 9.17) is 0 Å². The lowest BCUT2D eigenvalue weighted by Gasteiger charge is -2.02. The number of nitrogens with one attached hydrogen (secondary N) is 2. The number of benzene rings is 1. The van der Waals surface area contributed by atoms with E-state index in [1.54, 1.807) is 48.8 Å². The van der Waals surface area contributed by atoms with Crippen LogP contribution >= 0.6 is 0 Å². The van der Waals surface area contributed by atoms with Gasteiger partial charge in [0.15, 0.2) is 0 Å². The minimum absolute atomic E-state index is 0.124. The zero-order valence-corrected chi connectivity index (χ0v) is 11.4. The number of carbonyl (C=O) groups excluding carboxylic acids is 2. The molecule has 21 heavy (non-hydrogen) atoms. The highest BCUT2D eigenvalue weighted by Gasteiger charge is 2.01. The molecule has 1 aromatic heterocycles. The fourth-order valence-electron chi connectivity index (χ4n) is 1.59. The smallest absolute Gasteiger partial charge is 0.271 e. The van der Waals surface area contributed by atoms with Crippen LogP contribution in [0, 0.1) is 0 Å². The van der Waals surface area contributed by atoms with Crippen molar-refractivity contribution in [2.24, 2.45) is 5.10 Å². The molecule has 0 spiro atoms. The molecule has 6 nitrogen and oxygen atoms in total. The van der Waals surface area contributed by atoms with Crippen LogP contribution < -0.4 is 10.7 Å². The molecular formula is C15H14N4O2. The Labute approximate surface area is 121 Å². The Morgan fingerprint density at radius 3 is 2.38 bits per heavy atom. The van der Waals surface area contributed by atoms with E-state index in [1.165, 1.54) is 13.1 Å². The van der Waals surface area contributed by atoms with E-state index in [9.17, 15) is 9.59 Å². The van der Waals surface area contributed by atoms with Gasteiger partial charge in [0, 0.05) is 30.6 Å². The van der Waals surface area contributed by atoms with E-state index in [-0.39, 0.29) is 11.8 Å². The lowest BCUT2D eigenvalue weighted by molar-refractivity contribution is -0.114. The number of carbonyl (C=O) groups is 2. The lowest BCUT2D eigenvalue weighted by Crippen LogP contribution is -2.17. The van der Waals surface area contributed by atoms with Crippen LogP contribution in [0.5, 0.6) is 0 Å². The standard InChI is InChI=1S/C15H14N4O2/c1-11(20)18-14-4-2-12(3-5-14)10-17-19-15(21)13-6-8-16-9-7-13/h2-10H,1H3,(H,18,20)(H,19,21). The number of rotatable bonds is 4. The van der Waals surface area contributed by atoms with Gasteiger partial charge in [-0.3, -0.25) is 14.6 Å². The van der Waals surface area contributed by atoms with E-state index in [0.717, 1.165) is 5.56 Å². The van der Waals surface area contributed by atoms with Gasteiger partial charge in [-0.15, -0.1) is 0 Å². The largest absolute Gasteiger partial charge is 0.326 e. The summed E-state index contributed by atoms with van der Waals surface area (Å²) in [5, 5.41) is 6.54. The zero-order valence-electron chi connectivity index (χ0n) is 11.4. The van der Waals surface area contributed by atoms with Gasteiger partial charge in [0.2, 0.25) is 5.91 Å². The van der Waals surface area contributed by atoms with Crippen LogP contribution in [-0.4, -0.2) is 23.0 Å². The maximum atomic E-state index is 11.7. The molecule has 0 aliphatic carbocycles. The zero-order chi connectivity index (χ0) is 15.1. The normalized spacial score (nSPS) is 10.3. The van der Waals surface area contributed by atoms with Gasteiger partial charge in [0.05, 0.1) is 6.21 Å². The van der Waals surface area contributed by atoms with Crippen molar-refractivity contribution in [2.75, 3.05) is 5.32 Å². The lowest BCUT2D eigenvalue weighted by atomic mass is 10.2. The maximum absolute atomic E-state index is 11.7. The highest BCUT2D eigenvalue weighted by atomic mass is 16.2. The molecule has 106 valence electrons. The first-order chi connectivity index (χ1) is 10.1. The van der Waals surface area contributed by atoms with E-state index in [1.807, 2.05) is 0 Å². The van der Waals surface area contributed by atoms with Crippen molar-refractivity contribution in [3.05, 3.63) is 59.9 Å². The van der Waals surface area contributed by atoms with Crippen molar-refractivity contribution in [3.63, 3.8) is 0 Å². The van der Waals surface area contributed by atoms with Gasteiger partial charge in [-0.2, -0.15) is 5.10 Å². The van der Waals surface area contributed by atoms with E-state index < -0.39 is 0 Å². The number of pyridine rings is 1. The Morgan fingerprint density at radius 1 is 1.10 bits per heavy atom.